The predicted molar refractivity (Wildman–Crippen MR) is 125 cm³/mol. The zero-order valence-corrected chi connectivity index (χ0v) is 18.7. The minimum Gasteiger partial charge on any atom is -0.311 e. The number of nitrogens with zero attached hydrogens (tertiary/aromatic N) is 5. The average Bonchev–Trinajstić information content (AvgIpc) is 3.14. The van der Waals surface area contributed by atoms with Gasteiger partial charge in [-0.2, -0.15) is 5.10 Å². The van der Waals surface area contributed by atoms with E-state index in [0.29, 0.717) is 11.5 Å². The number of Topliss-reactive ketones (excluding diaryl/α,β-unsaturated/α-hetero) is 1. The van der Waals surface area contributed by atoms with E-state index >= 15 is 0 Å². The van der Waals surface area contributed by atoms with Gasteiger partial charge in [0.25, 0.3) is 0 Å². The minimum absolute atomic E-state index is 0.0246. The highest BCUT2D eigenvalue weighted by atomic mass is 16.1. The lowest BCUT2D eigenvalue weighted by Crippen LogP contribution is -2.13. The lowest BCUT2D eigenvalue weighted by atomic mass is 10.1. The van der Waals surface area contributed by atoms with E-state index in [1.807, 2.05) is 50.4 Å². The summed E-state index contributed by atoms with van der Waals surface area (Å²) in [5, 5.41) is 7.14. The van der Waals surface area contributed by atoms with Gasteiger partial charge in [-0.1, -0.05) is 6.07 Å². The van der Waals surface area contributed by atoms with Crippen LogP contribution >= 0.6 is 0 Å². The largest absolute Gasteiger partial charge is 0.311 e. The highest BCUT2D eigenvalue weighted by molar-refractivity contribution is 5.87. The molecule has 0 aliphatic rings. The van der Waals surface area contributed by atoms with Crippen LogP contribution < -0.4 is 5.32 Å². The number of anilines is 1. The molecule has 1 amide bonds. The Morgan fingerprint density at radius 3 is 2.33 bits per heavy atom. The number of amides is 1. The van der Waals surface area contributed by atoms with Crippen molar-refractivity contribution in [2.24, 2.45) is 0 Å². The van der Waals surface area contributed by atoms with Crippen molar-refractivity contribution in [1.82, 2.24) is 24.7 Å². The van der Waals surface area contributed by atoms with Gasteiger partial charge in [-0.15, -0.1) is 0 Å². The molecule has 0 atom stereocenters. The number of rotatable bonds is 7. The zero-order valence-electron chi connectivity index (χ0n) is 18.7. The third-order valence-corrected chi connectivity index (χ3v) is 5.10. The van der Waals surface area contributed by atoms with Gasteiger partial charge in [0.15, 0.2) is 5.78 Å². The molecule has 1 N–H and O–H groups in total. The van der Waals surface area contributed by atoms with E-state index in [4.69, 9.17) is 0 Å². The molecule has 0 bridgehead atoms. The SMILES string of the molecule is CC(=O)Nc1ccc(-c2ccc(CC(=O)Cn3cc(-c4ccnc(C)c4)c(C)n3)nc2)cn1. The Kier molecular flexibility index (Phi) is 6.35. The summed E-state index contributed by atoms with van der Waals surface area (Å²) in [6.07, 6.45) is 7.29. The Bertz CT molecular complexity index is 1290. The molecule has 0 radical (unpaired) electrons. The number of ketones is 1. The van der Waals surface area contributed by atoms with Gasteiger partial charge in [-0.3, -0.25) is 24.2 Å². The van der Waals surface area contributed by atoms with Gasteiger partial charge in [-0.05, 0) is 49.7 Å². The molecule has 0 unspecified atom stereocenters. The summed E-state index contributed by atoms with van der Waals surface area (Å²) in [7, 11) is 0. The van der Waals surface area contributed by atoms with Gasteiger partial charge in [-0.25, -0.2) is 4.98 Å². The maximum absolute atomic E-state index is 12.6. The van der Waals surface area contributed by atoms with Crippen LogP contribution in [0.15, 0.2) is 61.2 Å². The Hall–Kier alpha value is -4.20. The summed E-state index contributed by atoms with van der Waals surface area (Å²) < 4.78 is 1.68. The molecule has 0 saturated heterocycles. The first-order chi connectivity index (χ1) is 15.9. The number of carbonyl (C=O) groups is 2. The van der Waals surface area contributed by atoms with Crippen molar-refractivity contribution in [3.05, 3.63) is 78.3 Å². The van der Waals surface area contributed by atoms with Crippen LogP contribution in [0.25, 0.3) is 22.3 Å². The molecule has 0 aliphatic carbocycles. The fourth-order valence-electron chi connectivity index (χ4n) is 3.55. The number of aromatic nitrogens is 5. The molecule has 0 aliphatic heterocycles. The predicted octanol–water partition coefficient (Wildman–Crippen LogP) is 3.79. The van der Waals surface area contributed by atoms with Crippen LogP contribution in [0.1, 0.15) is 24.0 Å². The fraction of sp³-hybridized carbons (Fsp3) is 0.200. The summed E-state index contributed by atoms with van der Waals surface area (Å²) in [4.78, 5) is 36.6. The molecule has 0 spiro atoms. The summed E-state index contributed by atoms with van der Waals surface area (Å²) >= 11 is 0. The summed E-state index contributed by atoms with van der Waals surface area (Å²) in [6.45, 7) is 5.50. The molecule has 4 aromatic rings. The van der Waals surface area contributed by atoms with Crippen LogP contribution in [0, 0.1) is 13.8 Å². The number of pyridine rings is 3. The van der Waals surface area contributed by atoms with E-state index in [-0.39, 0.29) is 24.7 Å². The highest BCUT2D eigenvalue weighted by Crippen LogP contribution is 2.23. The van der Waals surface area contributed by atoms with Gasteiger partial charge >= 0.3 is 0 Å². The van der Waals surface area contributed by atoms with Crippen molar-refractivity contribution in [3.63, 3.8) is 0 Å². The minimum atomic E-state index is -0.167. The van der Waals surface area contributed by atoms with Crippen molar-refractivity contribution in [3.8, 4) is 22.3 Å². The van der Waals surface area contributed by atoms with Gasteiger partial charge in [0.2, 0.25) is 5.91 Å². The van der Waals surface area contributed by atoms with E-state index < -0.39 is 0 Å². The fourth-order valence-corrected chi connectivity index (χ4v) is 3.55. The maximum Gasteiger partial charge on any atom is 0.222 e. The van der Waals surface area contributed by atoms with Crippen LogP contribution in [0.2, 0.25) is 0 Å². The standard InChI is InChI=1S/C25H24N6O2/c1-16-10-19(8-9-26-16)24-15-31(30-17(24)2)14-23(33)11-22-6-4-20(12-27-22)21-5-7-25(28-13-21)29-18(3)32/h4-10,12-13,15H,11,14H2,1-3H3,(H,28,29,32). The molecule has 166 valence electrons. The molecule has 0 fully saturated rings. The molecule has 0 aromatic carbocycles. The van der Waals surface area contributed by atoms with Gasteiger partial charge in [0.1, 0.15) is 5.82 Å². The second kappa shape index (κ2) is 9.52. The zero-order chi connectivity index (χ0) is 23.4. The first-order valence-corrected chi connectivity index (χ1v) is 10.5. The first-order valence-electron chi connectivity index (χ1n) is 10.5. The second-order valence-electron chi connectivity index (χ2n) is 7.88. The first kappa shape index (κ1) is 22.0. The average molecular weight is 441 g/mol. The molecule has 4 aromatic heterocycles. The van der Waals surface area contributed by atoms with Gasteiger partial charge < -0.3 is 5.32 Å². The van der Waals surface area contributed by atoms with Crippen molar-refractivity contribution in [2.75, 3.05) is 5.32 Å². The smallest absolute Gasteiger partial charge is 0.222 e. The van der Waals surface area contributed by atoms with E-state index in [0.717, 1.165) is 33.6 Å². The summed E-state index contributed by atoms with van der Waals surface area (Å²) in [6, 6.07) is 11.3. The van der Waals surface area contributed by atoms with Crippen molar-refractivity contribution in [1.29, 1.82) is 0 Å². The molecule has 4 rings (SSSR count). The maximum atomic E-state index is 12.6. The Morgan fingerprint density at radius 1 is 0.939 bits per heavy atom. The lowest BCUT2D eigenvalue weighted by Gasteiger charge is -2.05. The number of hydrogen-bond acceptors (Lipinski definition) is 6. The van der Waals surface area contributed by atoms with Crippen LogP contribution in [0.5, 0.6) is 0 Å². The molecular weight excluding hydrogens is 416 g/mol. The Labute approximate surface area is 191 Å². The van der Waals surface area contributed by atoms with Crippen molar-refractivity contribution >= 4 is 17.5 Å². The highest BCUT2D eigenvalue weighted by Gasteiger charge is 2.12. The third kappa shape index (κ3) is 5.54. The number of hydrogen-bond donors (Lipinski definition) is 1. The van der Waals surface area contributed by atoms with E-state index in [1.54, 1.807) is 29.3 Å². The summed E-state index contributed by atoms with van der Waals surface area (Å²) in [5.74, 6) is 0.355. The number of carbonyl (C=O) groups excluding carboxylic acids is 2. The van der Waals surface area contributed by atoms with Crippen LogP contribution in [-0.2, 0) is 22.6 Å². The Morgan fingerprint density at radius 2 is 1.70 bits per heavy atom. The Balaban J connectivity index is 1.39. The van der Waals surface area contributed by atoms with E-state index in [2.05, 4.69) is 25.4 Å². The number of aryl methyl sites for hydroxylation is 2. The third-order valence-electron chi connectivity index (χ3n) is 5.10. The molecule has 4 heterocycles. The normalized spacial score (nSPS) is 10.8. The molecule has 33 heavy (non-hydrogen) atoms. The van der Waals surface area contributed by atoms with E-state index in [1.165, 1.54) is 6.92 Å². The van der Waals surface area contributed by atoms with Crippen molar-refractivity contribution in [2.45, 2.75) is 33.7 Å². The molecular formula is C25H24N6O2. The van der Waals surface area contributed by atoms with Gasteiger partial charge in [0.05, 0.1) is 18.7 Å². The summed E-state index contributed by atoms with van der Waals surface area (Å²) in [5.41, 5.74) is 6.29. The molecule has 0 saturated carbocycles. The van der Waals surface area contributed by atoms with E-state index in [9.17, 15) is 9.59 Å². The monoisotopic (exact) mass is 440 g/mol. The van der Waals surface area contributed by atoms with Crippen LogP contribution in [0.3, 0.4) is 0 Å². The quantitative estimate of drug-likeness (QED) is 0.469. The van der Waals surface area contributed by atoms with Crippen LogP contribution in [0.4, 0.5) is 5.82 Å². The second-order valence-corrected chi connectivity index (χ2v) is 7.88. The van der Waals surface area contributed by atoms with Crippen LogP contribution in [-0.4, -0.2) is 36.4 Å². The van der Waals surface area contributed by atoms with Crippen molar-refractivity contribution < 1.29 is 9.59 Å². The molecule has 8 heteroatoms. The van der Waals surface area contributed by atoms with Gasteiger partial charge in [0, 0.05) is 59.8 Å². The number of nitrogens with one attached hydrogen (secondary N) is 1. The topological polar surface area (TPSA) is 103 Å². The lowest BCUT2D eigenvalue weighted by molar-refractivity contribution is -0.119. The molecule has 8 nitrogen and oxygen atoms in total.